The fourth-order valence-corrected chi connectivity index (χ4v) is 2.94. The van der Waals surface area contributed by atoms with E-state index >= 15 is 0 Å². The molecule has 0 bridgehead atoms. The first-order valence-electron chi connectivity index (χ1n) is 6.99. The van der Waals surface area contributed by atoms with Gasteiger partial charge in [-0.1, -0.05) is 12.1 Å². The van der Waals surface area contributed by atoms with Crippen LogP contribution in [0.15, 0.2) is 47.1 Å². The number of nitriles is 2. The van der Waals surface area contributed by atoms with Gasteiger partial charge in [-0.15, -0.1) is 0 Å². The van der Waals surface area contributed by atoms with Crippen LogP contribution in [0.5, 0.6) is 0 Å². The second-order valence-electron chi connectivity index (χ2n) is 5.27. The normalized spacial score (nSPS) is 20.8. The summed E-state index contributed by atoms with van der Waals surface area (Å²) >= 11 is 0. The molecule has 1 heterocycles. The molecule has 1 aliphatic heterocycles. The number of allylic oxidation sites excluding steroid dienone is 3. The van der Waals surface area contributed by atoms with Gasteiger partial charge in [-0.25, -0.2) is 0 Å². The summed E-state index contributed by atoms with van der Waals surface area (Å²) in [4.78, 5) is 12.3. The Morgan fingerprint density at radius 1 is 1.14 bits per heavy atom. The summed E-state index contributed by atoms with van der Waals surface area (Å²) in [5, 5.41) is 18.3. The summed E-state index contributed by atoms with van der Waals surface area (Å²) in [6, 6.07) is 11.0. The Balaban J connectivity index is 2.16. The average Bonchev–Trinajstić information content (AvgIpc) is 2.54. The van der Waals surface area contributed by atoms with Gasteiger partial charge in [0, 0.05) is 18.4 Å². The summed E-state index contributed by atoms with van der Waals surface area (Å²) in [6.45, 7) is 0. The number of nitrogens with two attached hydrogens (primary N) is 1. The Hall–Kier alpha value is -3.05. The molecule has 0 saturated carbocycles. The molecule has 108 valence electrons. The number of rotatable bonds is 1. The summed E-state index contributed by atoms with van der Waals surface area (Å²) in [5.41, 5.74) is 7.93. The first-order valence-corrected chi connectivity index (χ1v) is 6.99. The smallest absolute Gasteiger partial charge is 0.205 e. The Morgan fingerprint density at radius 2 is 1.86 bits per heavy atom. The van der Waals surface area contributed by atoms with Gasteiger partial charge in [0.25, 0.3) is 0 Å². The van der Waals surface area contributed by atoms with Crippen LogP contribution in [-0.4, -0.2) is 5.78 Å². The van der Waals surface area contributed by atoms with Gasteiger partial charge in [0.05, 0.1) is 17.6 Å². The van der Waals surface area contributed by atoms with Crippen molar-refractivity contribution in [3.05, 3.63) is 58.2 Å². The van der Waals surface area contributed by atoms with Crippen molar-refractivity contribution in [1.29, 1.82) is 10.5 Å². The fourth-order valence-electron chi connectivity index (χ4n) is 2.94. The van der Waals surface area contributed by atoms with Crippen LogP contribution in [0.3, 0.4) is 0 Å². The molecule has 1 aromatic rings. The molecule has 5 heteroatoms. The molecule has 1 aliphatic carbocycles. The van der Waals surface area contributed by atoms with Crippen molar-refractivity contribution in [2.75, 3.05) is 0 Å². The number of Topliss-reactive ketones (excluding diaryl/α,β-unsaturated/α-hetero) is 1. The van der Waals surface area contributed by atoms with Crippen molar-refractivity contribution < 1.29 is 9.53 Å². The van der Waals surface area contributed by atoms with E-state index in [4.69, 9.17) is 15.7 Å². The number of hydrogen-bond donors (Lipinski definition) is 1. The highest BCUT2D eigenvalue weighted by atomic mass is 16.5. The molecule has 1 atom stereocenters. The molecule has 3 rings (SSSR count). The predicted molar refractivity (Wildman–Crippen MR) is 77.7 cm³/mol. The molecule has 0 spiro atoms. The first-order chi connectivity index (χ1) is 10.7. The standard InChI is InChI=1S/C17H13N3O2/c18-8-10-4-6-11(7-5-10)15-12(9-19)17(20)22-14-3-1-2-13(21)16(14)15/h4-7,15H,1-3,20H2/t15-/m0/s1. The molecular weight excluding hydrogens is 278 g/mol. The zero-order chi connectivity index (χ0) is 15.7. The van der Waals surface area contributed by atoms with E-state index in [9.17, 15) is 10.1 Å². The van der Waals surface area contributed by atoms with Crippen LogP contribution in [0, 0.1) is 22.7 Å². The summed E-state index contributed by atoms with van der Waals surface area (Å²) in [5.74, 6) is 0.123. The number of ketones is 1. The Bertz CT molecular complexity index is 789. The minimum atomic E-state index is -0.505. The van der Waals surface area contributed by atoms with Crippen LogP contribution < -0.4 is 5.73 Å². The number of nitrogens with zero attached hydrogens (tertiary/aromatic N) is 2. The second-order valence-corrected chi connectivity index (χ2v) is 5.27. The van der Waals surface area contributed by atoms with E-state index in [1.807, 2.05) is 0 Å². The Kier molecular flexibility index (Phi) is 3.40. The van der Waals surface area contributed by atoms with Gasteiger partial charge < -0.3 is 10.5 Å². The minimum absolute atomic E-state index is 0.00383. The molecule has 0 radical (unpaired) electrons. The number of carbonyl (C=O) groups excluding carboxylic acids is 1. The van der Waals surface area contributed by atoms with Gasteiger partial charge in [-0.3, -0.25) is 4.79 Å². The molecule has 0 saturated heterocycles. The number of ether oxygens (including phenoxy) is 1. The third kappa shape index (κ3) is 2.13. The van der Waals surface area contributed by atoms with E-state index in [2.05, 4.69) is 12.1 Å². The van der Waals surface area contributed by atoms with Crippen molar-refractivity contribution in [3.8, 4) is 12.1 Å². The van der Waals surface area contributed by atoms with E-state index in [1.165, 1.54) is 0 Å². The predicted octanol–water partition coefficient (Wildman–Crippen LogP) is 2.37. The highest BCUT2D eigenvalue weighted by molar-refractivity contribution is 5.99. The van der Waals surface area contributed by atoms with Crippen LogP contribution in [0.4, 0.5) is 0 Å². The molecule has 0 amide bonds. The molecule has 0 fully saturated rings. The van der Waals surface area contributed by atoms with Gasteiger partial charge in [0.1, 0.15) is 17.4 Å². The SMILES string of the molecule is N#CC1=C(N)OC2=C(C(=O)CCC2)[C@H]1c1ccc(C#N)cc1. The molecule has 0 unspecified atom stereocenters. The molecule has 5 nitrogen and oxygen atoms in total. The monoisotopic (exact) mass is 291 g/mol. The zero-order valence-corrected chi connectivity index (χ0v) is 11.8. The summed E-state index contributed by atoms with van der Waals surface area (Å²) in [7, 11) is 0. The summed E-state index contributed by atoms with van der Waals surface area (Å²) < 4.78 is 5.50. The molecule has 1 aromatic carbocycles. The lowest BCUT2D eigenvalue weighted by atomic mass is 9.77. The van der Waals surface area contributed by atoms with E-state index in [0.29, 0.717) is 29.7 Å². The maximum absolute atomic E-state index is 12.3. The van der Waals surface area contributed by atoms with Crippen LogP contribution in [0.1, 0.15) is 36.3 Å². The molecular formula is C17H13N3O2. The van der Waals surface area contributed by atoms with Crippen molar-refractivity contribution >= 4 is 5.78 Å². The lowest BCUT2D eigenvalue weighted by Gasteiger charge is -2.30. The van der Waals surface area contributed by atoms with Gasteiger partial charge in [0.15, 0.2) is 5.78 Å². The highest BCUT2D eigenvalue weighted by Gasteiger charge is 2.37. The van der Waals surface area contributed by atoms with Crippen molar-refractivity contribution in [2.45, 2.75) is 25.2 Å². The van der Waals surface area contributed by atoms with Gasteiger partial charge in [0.2, 0.25) is 5.88 Å². The van der Waals surface area contributed by atoms with Crippen LogP contribution >= 0.6 is 0 Å². The third-order valence-electron chi connectivity index (χ3n) is 3.98. The number of carbonyl (C=O) groups is 1. The largest absolute Gasteiger partial charge is 0.444 e. The zero-order valence-electron chi connectivity index (χ0n) is 11.8. The fraction of sp³-hybridized carbons (Fsp3) is 0.235. The van der Waals surface area contributed by atoms with E-state index in [1.54, 1.807) is 24.3 Å². The number of benzene rings is 1. The molecule has 22 heavy (non-hydrogen) atoms. The van der Waals surface area contributed by atoms with Crippen LogP contribution in [0.25, 0.3) is 0 Å². The second kappa shape index (κ2) is 5.38. The maximum Gasteiger partial charge on any atom is 0.205 e. The lowest BCUT2D eigenvalue weighted by molar-refractivity contribution is -0.116. The maximum atomic E-state index is 12.3. The minimum Gasteiger partial charge on any atom is -0.444 e. The third-order valence-corrected chi connectivity index (χ3v) is 3.98. The molecule has 2 aliphatic rings. The van der Waals surface area contributed by atoms with Gasteiger partial charge in [-0.2, -0.15) is 10.5 Å². The number of hydrogen-bond acceptors (Lipinski definition) is 5. The summed E-state index contributed by atoms with van der Waals surface area (Å²) in [6.07, 6.45) is 1.83. The van der Waals surface area contributed by atoms with Crippen LogP contribution in [0.2, 0.25) is 0 Å². The Morgan fingerprint density at radius 3 is 2.50 bits per heavy atom. The van der Waals surface area contributed by atoms with Crippen molar-refractivity contribution in [2.24, 2.45) is 5.73 Å². The Labute approximate surface area is 127 Å². The molecule has 2 N–H and O–H groups in total. The van der Waals surface area contributed by atoms with E-state index in [-0.39, 0.29) is 17.2 Å². The lowest BCUT2D eigenvalue weighted by Crippen LogP contribution is -2.27. The van der Waals surface area contributed by atoms with Gasteiger partial charge in [-0.05, 0) is 24.1 Å². The molecule has 0 aromatic heterocycles. The van der Waals surface area contributed by atoms with Gasteiger partial charge >= 0.3 is 0 Å². The van der Waals surface area contributed by atoms with Crippen molar-refractivity contribution in [3.63, 3.8) is 0 Å². The first kappa shape index (κ1) is 13.9. The highest BCUT2D eigenvalue weighted by Crippen LogP contribution is 2.43. The quantitative estimate of drug-likeness (QED) is 0.856. The van der Waals surface area contributed by atoms with Crippen LogP contribution in [-0.2, 0) is 9.53 Å². The topological polar surface area (TPSA) is 99.9 Å². The average molecular weight is 291 g/mol. The van der Waals surface area contributed by atoms with E-state index < -0.39 is 5.92 Å². The van der Waals surface area contributed by atoms with Crippen molar-refractivity contribution in [1.82, 2.24) is 0 Å². The van der Waals surface area contributed by atoms with E-state index in [0.717, 1.165) is 12.0 Å².